The molecule has 7 heteroatoms. The van der Waals surface area contributed by atoms with Gasteiger partial charge in [-0.1, -0.05) is 24.3 Å². The molecular formula is C26H27N3O4. The number of nitrogens with zero attached hydrogens (tertiary/aromatic N) is 3. The molecule has 1 amide bonds. The molecule has 7 nitrogen and oxygen atoms in total. The van der Waals surface area contributed by atoms with Crippen LogP contribution in [0.15, 0.2) is 66.5 Å². The highest BCUT2D eigenvalue weighted by atomic mass is 16.5. The van der Waals surface area contributed by atoms with Gasteiger partial charge in [-0.2, -0.15) is 0 Å². The fourth-order valence-electron chi connectivity index (χ4n) is 4.21. The van der Waals surface area contributed by atoms with Gasteiger partial charge in [0.15, 0.2) is 0 Å². The summed E-state index contributed by atoms with van der Waals surface area (Å²) in [5.74, 6) is -0.731. The van der Waals surface area contributed by atoms with E-state index >= 15 is 0 Å². The largest absolute Gasteiger partial charge is 0.507 e. The van der Waals surface area contributed by atoms with Gasteiger partial charge in [0, 0.05) is 24.5 Å². The maximum absolute atomic E-state index is 13.1. The van der Waals surface area contributed by atoms with Gasteiger partial charge < -0.3 is 19.6 Å². The van der Waals surface area contributed by atoms with Gasteiger partial charge in [-0.05, 0) is 67.7 Å². The van der Waals surface area contributed by atoms with Gasteiger partial charge in [0.1, 0.15) is 11.5 Å². The zero-order valence-corrected chi connectivity index (χ0v) is 19.0. The molecule has 0 radical (unpaired) electrons. The molecule has 33 heavy (non-hydrogen) atoms. The van der Waals surface area contributed by atoms with Crippen LogP contribution in [0.3, 0.4) is 0 Å². The minimum absolute atomic E-state index is 0.0886. The molecule has 1 aromatic heterocycles. The second-order valence-corrected chi connectivity index (χ2v) is 8.36. The van der Waals surface area contributed by atoms with E-state index in [2.05, 4.69) is 4.98 Å². The first-order chi connectivity index (χ1) is 15.9. The molecule has 0 saturated carbocycles. The molecule has 1 atom stereocenters. The monoisotopic (exact) mass is 445 g/mol. The van der Waals surface area contributed by atoms with Crippen molar-refractivity contribution in [3.63, 3.8) is 0 Å². The summed E-state index contributed by atoms with van der Waals surface area (Å²) in [4.78, 5) is 33.8. The van der Waals surface area contributed by atoms with Crippen LogP contribution in [0.25, 0.3) is 16.5 Å². The lowest BCUT2D eigenvalue weighted by Gasteiger charge is -2.25. The standard InChI is InChI=1S/C26H27N3O4/c1-28(2)12-5-13-29-23(20-6-4-11-27-16-20)22(25(31)26(29)32)24(30)19-8-7-18-15-21(33-3)10-9-17(18)14-19/h4,6-11,14-16,23,30H,5,12-13H2,1-3H3/b24-22+. The number of rotatable bonds is 7. The Morgan fingerprint density at radius 3 is 2.58 bits per heavy atom. The second-order valence-electron chi connectivity index (χ2n) is 8.36. The van der Waals surface area contributed by atoms with E-state index in [1.54, 1.807) is 36.5 Å². The lowest BCUT2D eigenvalue weighted by atomic mass is 9.95. The number of ketones is 1. The van der Waals surface area contributed by atoms with E-state index in [9.17, 15) is 14.7 Å². The van der Waals surface area contributed by atoms with Crippen LogP contribution in [0.2, 0.25) is 0 Å². The number of amides is 1. The number of aliphatic hydroxyl groups excluding tert-OH is 1. The fraction of sp³-hybridized carbons (Fsp3) is 0.269. The van der Waals surface area contributed by atoms with Crippen molar-refractivity contribution in [1.29, 1.82) is 0 Å². The Kier molecular flexibility index (Phi) is 6.42. The summed E-state index contributed by atoms with van der Waals surface area (Å²) < 4.78 is 5.27. The van der Waals surface area contributed by atoms with Crippen LogP contribution in [0.5, 0.6) is 5.75 Å². The number of hydrogen-bond donors (Lipinski definition) is 1. The molecule has 1 fully saturated rings. The van der Waals surface area contributed by atoms with Gasteiger partial charge in [-0.25, -0.2) is 0 Å². The van der Waals surface area contributed by atoms with Crippen molar-refractivity contribution in [2.24, 2.45) is 0 Å². The van der Waals surface area contributed by atoms with Gasteiger partial charge in [0.2, 0.25) is 0 Å². The number of carbonyl (C=O) groups is 2. The summed E-state index contributed by atoms with van der Waals surface area (Å²) in [6, 6.07) is 13.9. The van der Waals surface area contributed by atoms with Crippen molar-refractivity contribution < 1.29 is 19.4 Å². The number of Topliss-reactive ketones (excluding diaryl/α,β-unsaturated/α-hetero) is 1. The number of hydrogen-bond acceptors (Lipinski definition) is 6. The van der Waals surface area contributed by atoms with Gasteiger partial charge >= 0.3 is 0 Å². The van der Waals surface area contributed by atoms with E-state index in [1.807, 2.05) is 55.4 Å². The van der Waals surface area contributed by atoms with Gasteiger partial charge in [0.25, 0.3) is 11.7 Å². The molecule has 1 aliphatic rings. The molecule has 2 heterocycles. The van der Waals surface area contributed by atoms with E-state index in [0.717, 1.165) is 23.1 Å². The van der Waals surface area contributed by atoms with Crippen LogP contribution in [0, 0.1) is 0 Å². The zero-order valence-electron chi connectivity index (χ0n) is 19.0. The van der Waals surface area contributed by atoms with Crippen LogP contribution in [0.4, 0.5) is 0 Å². The number of pyridine rings is 1. The maximum Gasteiger partial charge on any atom is 0.295 e. The predicted molar refractivity (Wildman–Crippen MR) is 127 cm³/mol. The van der Waals surface area contributed by atoms with Crippen molar-refractivity contribution in [2.75, 3.05) is 34.3 Å². The van der Waals surface area contributed by atoms with Crippen molar-refractivity contribution >= 4 is 28.2 Å². The summed E-state index contributed by atoms with van der Waals surface area (Å²) in [7, 11) is 5.53. The number of ether oxygens (including phenoxy) is 1. The van der Waals surface area contributed by atoms with Crippen molar-refractivity contribution in [3.8, 4) is 5.75 Å². The van der Waals surface area contributed by atoms with Crippen LogP contribution >= 0.6 is 0 Å². The predicted octanol–water partition coefficient (Wildman–Crippen LogP) is 3.62. The minimum atomic E-state index is -0.688. The first-order valence-electron chi connectivity index (χ1n) is 10.8. The van der Waals surface area contributed by atoms with Gasteiger partial charge in [0.05, 0.1) is 18.7 Å². The summed E-state index contributed by atoms with van der Waals surface area (Å²) in [6.45, 7) is 1.17. The summed E-state index contributed by atoms with van der Waals surface area (Å²) in [5.41, 5.74) is 1.26. The van der Waals surface area contributed by atoms with E-state index < -0.39 is 17.7 Å². The highest BCUT2D eigenvalue weighted by Crippen LogP contribution is 2.39. The topological polar surface area (TPSA) is 83.0 Å². The zero-order chi connectivity index (χ0) is 23.5. The lowest BCUT2D eigenvalue weighted by molar-refractivity contribution is -0.139. The minimum Gasteiger partial charge on any atom is -0.507 e. The van der Waals surface area contributed by atoms with E-state index in [1.165, 1.54) is 0 Å². The number of carbonyl (C=O) groups excluding carboxylic acids is 2. The molecule has 0 spiro atoms. The Balaban J connectivity index is 1.79. The van der Waals surface area contributed by atoms with Crippen molar-refractivity contribution in [1.82, 2.24) is 14.8 Å². The third kappa shape index (κ3) is 4.45. The molecular weight excluding hydrogens is 418 g/mol. The van der Waals surface area contributed by atoms with E-state index in [0.29, 0.717) is 24.1 Å². The number of fused-ring (bicyclic) bond motifs is 1. The van der Waals surface area contributed by atoms with Crippen molar-refractivity contribution in [3.05, 3.63) is 77.6 Å². The highest BCUT2D eigenvalue weighted by molar-refractivity contribution is 6.46. The molecule has 4 rings (SSSR count). The fourth-order valence-corrected chi connectivity index (χ4v) is 4.21. The number of aromatic nitrogens is 1. The Morgan fingerprint density at radius 1 is 1.12 bits per heavy atom. The Morgan fingerprint density at radius 2 is 1.88 bits per heavy atom. The third-order valence-electron chi connectivity index (χ3n) is 5.87. The second kappa shape index (κ2) is 9.42. The van der Waals surface area contributed by atoms with Gasteiger partial charge in [-0.15, -0.1) is 0 Å². The first-order valence-corrected chi connectivity index (χ1v) is 10.8. The lowest BCUT2D eigenvalue weighted by Crippen LogP contribution is -2.32. The molecule has 2 aromatic carbocycles. The average Bonchev–Trinajstić information content (AvgIpc) is 3.08. The van der Waals surface area contributed by atoms with E-state index in [-0.39, 0.29) is 11.3 Å². The van der Waals surface area contributed by atoms with Crippen LogP contribution in [-0.4, -0.2) is 65.9 Å². The molecule has 1 saturated heterocycles. The molecule has 0 aliphatic carbocycles. The molecule has 0 bridgehead atoms. The summed E-state index contributed by atoms with van der Waals surface area (Å²) in [6.07, 6.45) is 3.98. The van der Waals surface area contributed by atoms with Crippen molar-refractivity contribution in [2.45, 2.75) is 12.5 Å². The number of aliphatic hydroxyl groups is 1. The number of methoxy groups -OCH3 is 1. The first kappa shape index (κ1) is 22.5. The molecule has 1 unspecified atom stereocenters. The van der Waals surface area contributed by atoms with Crippen LogP contribution in [0.1, 0.15) is 23.6 Å². The Labute approximate surface area is 192 Å². The smallest absolute Gasteiger partial charge is 0.295 e. The molecule has 1 aliphatic heterocycles. The highest BCUT2D eigenvalue weighted by Gasteiger charge is 2.45. The Bertz CT molecular complexity index is 1220. The summed E-state index contributed by atoms with van der Waals surface area (Å²) in [5, 5.41) is 13.1. The molecule has 1 N–H and O–H groups in total. The van der Waals surface area contributed by atoms with Crippen LogP contribution < -0.4 is 4.74 Å². The Hall–Kier alpha value is -3.71. The third-order valence-corrected chi connectivity index (χ3v) is 5.87. The maximum atomic E-state index is 13.1. The molecule has 3 aromatic rings. The van der Waals surface area contributed by atoms with Crippen LogP contribution in [-0.2, 0) is 9.59 Å². The normalized spacial score (nSPS) is 17.8. The quantitative estimate of drug-likeness (QED) is 0.340. The average molecular weight is 446 g/mol. The summed E-state index contributed by atoms with van der Waals surface area (Å²) >= 11 is 0. The van der Waals surface area contributed by atoms with Gasteiger partial charge in [-0.3, -0.25) is 14.6 Å². The number of benzene rings is 2. The van der Waals surface area contributed by atoms with E-state index in [4.69, 9.17) is 4.74 Å². The molecule has 170 valence electrons. The number of likely N-dealkylation sites (tertiary alicyclic amines) is 1. The SMILES string of the molecule is COc1ccc2cc(/C(O)=C3\C(=O)C(=O)N(CCCN(C)C)C3c3cccnc3)ccc2c1.